The van der Waals surface area contributed by atoms with Gasteiger partial charge in [0.05, 0.1) is 5.38 Å². The Balaban J connectivity index is 2.31. The Morgan fingerprint density at radius 3 is 2.39 bits per heavy atom. The Labute approximate surface area is 120 Å². The van der Waals surface area contributed by atoms with Crippen LogP contribution in [0.1, 0.15) is 29.0 Å². The normalized spacial score (nSPS) is 12.4. The second-order valence-corrected chi connectivity index (χ2v) is 5.48. The van der Waals surface area contributed by atoms with Gasteiger partial charge in [-0.25, -0.2) is 4.39 Å². The van der Waals surface area contributed by atoms with Gasteiger partial charge in [-0.15, -0.1) is 11.6 Å². The van der Waals surface area contributed by atoms with Crippen LogP contribution < -0.4 is 0 Å². The molecule has 0 bridgehead atoms. The summed E-state index contributed by atoms with van der Waals surface area (Å²) in [7, 11) is 0. The van der Waals surface area contributed by atoms with Gasteiger partial charge < -0.3 is 0 Å². The lowest BCUT2D eigenvalue weighted by atomic mass is 10.0. The summed E-state index contributed by atoms with van der Waals surface area (Å²) < 4.78 is 14.5. The van der Waals surface area contributed by atoms with E-state index in [4.69, 9.17) is 11.6 Å². The average Bonchev–Trinajstić information content (AvgIpc) is 2.38. The molecule has 0 saturated heterocycles. The van der Waals surface area contributed by atoms with E-state index >= 15 is 0 Å². The van der Waals surface area contributed by atoms with E-state index in [2.05, 4.69) is 22.9 Å². The molecule has 0 aliphatic heterocycles. The first kappa shape index (κ1) is 13.6. The molecular weight excluding hydrogens is 315 g/mol. The highest BCUT2D eigenvalue weighted by Crippen LogP contribution is 2.31. The number of hydrogen-bond donors (Lipinski definition) is 0. The quantitative estimate of drug-likeness (QED) is 0.655. The summed E-state index contributed by atoms with van der Waals surface area (Å²) in [5.74, 6) is -0.288. The standard InChI is InChI=1S/C15H13BrClF/c1-2-10-3-5-11(6-4-10)15(17)13-8-7-12(16)9-14(13)18/h3-9,15H,2H2,1H3. The smallest absolute Gasteiger partial charge is 0.129 e. The molecule has 0 aliphatic rings. The van der Waals surface area contributed by atoms with Crippen LogP contribution in [0, 0.1) is 5.82 Å². The van der Waals surface area contributed by atoms with Crippen LogP contribution in [0.5, 0.6) is 0 Å². The van der Waals surface area contributed by atoms with Gasteiger partial charge in [0.2, 0.25) is 0 Å². The van der Waals surface area contributed by atoms with Gasteiger partial charge in [-0.05, 0) is 29.7 Å². The van der Waals surface area contributed by atoms with Crippen molar-refractivity contribution in [1.29, 1.82) is 0 Å². The van der Waals surface area contributed by atoms with Gasteiger partial charge >= 0.3 is 0 Å². The molecule has 0 spiro atoms. The maximum Gasteiger partial charge on any atom is 0.129 e. The molecule has 0 heterocycles. The molecule has 1 unspecified atom stereocenters. The molecule has 1 atom stereocenters. The van der Waals surface area contributed by atoms with E-state index < -0.39 is 5.38 Å². The molecule has 2 aromatic carbocycles. The molecule has 0 N–H and O–H groups in total. The molecule has 94 valence electrons. The molecule has 3 heteroatoms. The lowest BCUT2D eigenvalue weighted by molar-refractivity contribution is 0.611. The highest BCUT2D eigenvalue weighted by atomic mass is 79.9. The van der Waals surface area contributed by atoms with Crippen molar-refractivity contribution in [1.82, 2.24) is 0 Å². The lowest BCUT2D eigenvalue weighted by Crippen LogP contribution is -1.97. The summed E-state index contributed by atoms with van der Waals surface area (Å²) in [6.07, 6.45) is 0.986. The molecule has 0 fully saturated rings. The van der Waals surface area contributed by atoms with Crippen molar-refractivity contribution in [3.05, 3.63) is 69.4 Å². The van der Waals surface area contributed by atoms with Crippen molar-refractivity contribution in [2.45, 2.75) is 18.7 Å². The first-order chi connectivity index (χ1) is 8.61. The van der Waals surface area contributed by atoms with Crippen molar-refractivity contribution in [2.24, 2.45) is 0 Å². The number of aryl methyl sites for hydroxylation is 1. The topological polar surface area (TPSA) is 0 Å². The molecule has 0 nitrogen and oxygen atoms in total. The van der Waals surface area contributed by atoms with Crippen LogP contribution in [0.15, 0.2) is 46.9 Å². The Kier molecular flexibility index (Phi) is 4.41. The number of halogens is 3. The van der Waals surface area contributed by atoms with Crippen molar-refractivity contribution in [3.63, 3.8) is 0 Å². The molecule has 0 aromatic heterocycles. The molecule has 0 amide bonds. The van der Waals surface area contributed by atoms with Crippen LogP contribution >= 0.6 is 27.5 Å². The minimum Gasteiger partial charge on any atom is -0.207 e. The summed E-state index contributed by atoms with van der Waals surface area (Å²) in [6, 6.07) is 12.9. The zero-order valence-corrected chi connectivity index (χ0v) is 12.3. The predicted octanol–water partition coefficient (Wildman–Crippen LogP) is 5.48. The van der Waals surface area contributed by atoms with Crippen LogP contribution in [-0.4, -0.2) is 0 Å². The maximum absolute atomic E-state index is 13.8. The molecule has 2 aromatic rings. The second-order valence-electron chi connectivity index (χ2n) is 4.12. The molecule has 18 heavy (non-hydrogen) atoms. The van der Waals surface area contributed by atoms with Gasteiger partial charge in [0.1, 0.15) is 5.82 Å². The van der Waals surface area contributed by atoms with Crippen LogP contribution in [0.25, 0.3) is 0 Å². The minimum absolute atomic E-state index is 0.288. The monoisotopic (exact) mass is 326 g/mol. The van der Waals surface area contributed by atoms with E-state index in [1.54, 1.807) is 12.1 Å². The molecule has 2 rings (SSSR count). The Hall–Kier alpha value is -0.860. The van der Waals surface area contributed by atoms with E-state index in [1.165, 1.54) is 11.6 Å². The fourth-order valence-corrected chi connectivity index (χ4v) is 2.46. The van der Waals surface area contributed by atoms with Gasteiger partial charge in [-0.1, -0.05) is 53.2 Å². The van der Waals surface area contributed by atoms with Crippen LogP contribution in [0.4, 0.5) is 4.39 Å². The number of hydrogen-bond acceptors (Lipinski definition) is 0. The highest BCUT2D eigenvalue weighted by Gasteiger charge is 2.15. The highest BCUT2D eigenvalue weighted by molar-refractivity contribution is 9.10. The largest absolute Gasteiger partial charge is 0.207 e. The zero-order chi connectivity index (χ0) is 13.1. The maximum atomic E-state index is 13.8. The van der Waals surface area contributed by atoms with Crippen molar-refractivity contribution in [2.75, 3.05) is 0 Å². The van der Waals surface area contributed by atoms with Crippen molar-refractivity contribution >= 4 is 27.5 Å². The molecule has 0 saturated carbocycles. The molecular formula is C15H13BrClF. The number of alkyl halides is 1. The molecule has 0 aliphatic carbocycles. The van der Waals surface area contributed by atoms with E-state index in [-0.39, 0.29) is 5.82 Å². The van der Waals surface area contributed by atoms with E-state index in [0.717, 1.165) is 12.0 Å². The summed E-state index contributed by atoms with van der Waals surface area (Å²) in [6.45, 7) is 2.10. The third kappa shape index (κ3) is 2.93. The van der Waals surface area contributed by atoms with Gasteiger partial charge in [0.25, 0.3) is 0 Å². The van der Waals surface area contributed by atoms with Crippen molar-refractivity contribution in [3.8, 4) is 0 Å². The number of benzene rings is 2. The Morgan fingerprint density at radius 1 is 1.17 bits per heavy atom. The zero-order valence-electron chi connectivity index (χ0n) is 9.96. The number of rotatable bonds is 3. The van der Waals surface area contributed by atoms with Gasteiger partial charge in [-0.2, -0.15) is 0 Å². The van der Waals surface area contributed by atoms with Crippen LogP contribution in [0.2, 0.25) is 0 Å². The Bertz CT molecular complexity index is 537. The summed E-state index contributed by atoms with van der Waals surface area (Å²) >= 11 is 9.57. The predicted molar refractivity (Wildman–Crippen MR) is 77.6 cm³/mol. The van der Waals surface area contributed by atoms with Crippen LogP contribution in [-0.2, 0) is 6.42 Å². The first-order valence-electron chi connectivity index (χ1n) is 5.79. The fraction of sp³-hybridized carbons (Fsp3) is 0.200. The van der Waals surface area contributed by atoms with E-state index in [0.29, 0.717) is 10.0 Å². The van der Waals surface area contributed by atoms with E-state index in [1.807, 2.05) is 24.3 Å². The van der Waals surface area contributed by atoms with Crippen LogP contribution in [0.3, 0.4) is 0 Å². The lowest BCUT2D eigenvalue weighted by Gasteiger charge is -2.12. The van der Waals surface area contributed by atoms with Gasteiger partial charge in [0, 0.05) is 10.0 Å². The fourth-order valence-electron chi connectivity index (χ4n) is 1.81. The van der Waals surface area contributed by atoms with E-state index in [9.17, 15) is 4.39 Å². The first-order valence-corrected chi connectivity index (χ1v) is 7.02. The summed E-state index contributed by atoms with van der Waals surface area (Å²) in [4.78, 5) is 0. The SMILES string of the molecule is CCc1ccc(C(Cl)c2ccc(Br)cc2F)cc1. The third-order valence-corrected chi connectivity index (χ3v) is 3.90. The average molecular weight is 328 g/mol. The van der Waals surface area contributed by atoms with Crippen molar-refractivity contribution < 1.29 is 4.39 Å². The summed E-state index contributed by atoms with van der Waals surface area (Å²) in [5, 5.41) is -0.455. The Morgan fingerprint density at radius 2 is 1.83 bits per heavy atom. The third-order valence-electron chi connectivity index (χ3n) is 2.92. The summed E-state index contributed by atoms with van der Waals surface area (Å²) in [5.41, 5.74) is 2.66. The van der Waals surface area contributed by atoms with Gasteiger partial charge in [0.15, 0.2) is 0 Å². The van der Waals surface area contributed by atoms with Gasteiger partial charge in [-0.3, -0.25) is 0 Å². The molecule has 0 radical (unpaired) electrons. The second kappa shape index (κ2) is 5.85. The minimum atomic E-state index is -0.455.